The first-order chi connectivity index (χ1) is 20.3. The molecule has 4 aromatic rings. The van der Waals surface area contributed by atoms with Crippen LogP contribution in [0.2, 0.25) is 0 Å². The van der Waals surface area contributed by atoms with Gasteiger partial charge in [-0.25, -0.2) is 14.8 Å². The Morgan fingerprint density at radius 1 is 0.977 bits per heavy atom. The lowest BCUT2D eigenvalue weighted by atomic mass is 10.0. The maximum Gasteiger partial charge on any atom is 0.419 e. The van der Waals surface area contributed by atoms with Crippen LogP contribution in [-0.4, -0.2) is 63.8 Å². The Hall–Kier alpha value is -4.44. The Bertz CT molecular complexity index is 1660. The minimum Gasteiger partial charge on any atom is -0.360 e. The van der Waals surface area contributed by atoms with Gasteiger partial charge in [0.2, 0.25) is 0 Å². The molecule has 3 N–H and O–H groups in total. The highest BCUT2D eigenvalue weighted by Gasteiger charge is 2.45. The van der Waals surface area contributed by atoms with Crippen LogP contribution >= 0.6 is 0 Å². The maximum atomic E-state index is 13.6. The molecular formula is C27H26F6N8O2. The molecule has 2 aromatic carbocycles. The number of amides is 2. The van der Waals surface area contributed by atoms with Gasteiger partial charge in [-0.2, -0.15) is 31.1 Å². The fourth-order valence-corrected chi connectivity index (χ4v) is 4.84. The van der Waals surface area contributed by atoms with Crippen LogP contribution in [0, 0.1) is 13.8 Å². The molecule has 2 fully saturated rings. The standard InChI is InChI=1S/C23H19F6N7O.C4H7NO/c1-11-6-4-8-14(16(11)19-17-12(2)31-10-32-20(17)36(30-3)35-19)33-21(37)34-15-9-5-7-13(22(24,25)26)18(15)23(27,28)29;1-2-6-4-3-5(1)4/h4-10,30H,1-3H3,(H2,33,34,37);4H,1-3H2. The van der Waals surface area contributed by atoms with E-state index < -0.39 is 35.2 Å². The topological polar surface area (TPSA) is 109 Å². The molecule has 2 aliphatic rings. The molecule has 228 valence electrons. The number of alkyl halides is 6. The molecule has 2 unspecified atom stereocenters. The largest absolute Gasteiger partial charge is 0.419 e. The average Bonchev–Trinajstić information content (AvgIpc) is 3.33. The molecular weight excluding hydrogens is 582 g/mol. The minimum absolute atomic E-state index is 0.156. The Balaban J connectivity index is 0.000000537. The van der Waals surface area contributed by atoms with Gasteiger partial charge in [0.25, 0.3) is 0 Å². The number of nitrogens with zero attached hydrogens (tertiary/aromatic N) is 5. The van der Waals surface area contributed by atoms with Crippen molar-refractivity contribution in [2.75, 3.05) is 42.8 Å². The summed E-state index contributed by atoms with van der Waals surface area (Å²) in [4.78, 5) is 24.9. The summed E-state index contributed by atoms with van der Waals surface area (Å²) in [5.41, 5.74) is 0.558. The Labute approximate surface area is 241 Å². The highest BCUT2D eigenvalue weighted by molar-refractivity contribution is 6.05. The number of nitrogens with one attached hydrogen (secondary N) is 3. The maximum absolute atomic E-state index is 13.6. The number of halogens is 6. The molecule has 2 saturated heterocycles. The van der Waals surface area contributed by atoms with Gasteiger partial charge in [0.1, 0.15) is 18.2 Å². The first kappa shape index (κ1) is 30.0. The number of carbonyl (C=O) groups excluding carboxylic acids is 1. The van der Waals surface area contributed by atoms with Crippen molar-refractivity contribution in [1.29, 1.82) is 0 Å². The van der Waals surface area contributed by atoms with Gasteiger partial charge in [0.05, 0.1) is 40.2 Å². The smallest absolute Gasteiger partial charge is 0.360 e. The molecule has 0 radical (unpaired) electrons. The zero-order valence-electron chi connectivity index (χ0n) is 23.1. The van der Waals surface area contributed by atoms with Gasteiger partial charge in [0, 0.05) is 25.7 Å². The second-order valence-electron chi connectivity index (χ2n) is 9.76. The van der Waals surface area contributed by atoms with Crippen molar-refractivity contribution in [2.45, 2.75) is 32.4 Å². The van der Waals surface area contributed by atoms with Crippen LogP contribution in [0.1, 0.15) is 22.4 Å². The summed E-state index contributed by atoms with van der Waals surface area (Å²) in [6, 6.07) is 5.47. The lowest BCUT2D eigenvalue weighted by molar-refractivity contribution is -0.161. The van der Waals surface area contributed by atoms with E-state index in [1.807, 2.05) is 5.32 Å². The molecule has 0 saturated carbocycles. The third kappa shape index (κ3) is 6.19. The number of hydrogen-bond acceptors (Lipinski definition) is 7. The van der Waals surface area contributed by atoms with E-state index in [4.69, 9.17) is 4.74 Å². The SMILES string of the molecule is C1CN2CC2O1.CNn1nc(-c2c(C)cccc2NC(=O)Nc2cccc(C(F)(F)F)c2C(F)(F)F)c2c(C)ncnc21. The number of aryl methyl sites for hydroxylation is 2. The molecule has 2 aliphatic heterocycles. The van der Waals surface area contributed by atoms with E-state index in [1.54, 1.807) is 33.0 Å². The molecule has 6 rings (SSSR count). The van der Waals surface area contributed by atoms with Crippen molar-refractivity contribution in [1.82, 2.24) is 24.8 Å². The molecule has 0 aliphatic carbocycles. The highest BCUT2D eigenvalue weighted by Crippen LogP contribution is 2.44. The van der Waals surface area contributed by atoms with E-state index in [2.05, 4.69) is 30.7 Å². The van der Waals surface area contributed by atoms with Crippen LogP contribution < -0.4 is 16.1 Å². The Kier molecular flexibility index (Phi) is 7.91. The van der Waals surface area contributed by atoms with Crippen molar-refractivity contribution in [3.8, 4) is 11.3 Å². The summed E-state index contributed by atoms with van der Waals surface area (Å²) in [7, 11) is 1.62. The predicted octanol–water partition coefficient (Wildman–Crippen LogP) is 5.62. The van der Waals surface area contributed by atoms with Crippen molar-refractivity contribution in [3.05, 3.63) is 65.1 Å². The number of carbonyl (C=O) groups is 1. The number of benzene rings is 2. The van der Waals surface area contributed by atoms with Gasteiger partial charge >= 0.3 is 18.4 Å². The molecule has 43 heavy (non-hydrogen) atoms. The molecule has 16 heteroatoms. The monoisotopic (exact) mass is 608 g/mol. The lowest BCUT2D eigenvalue weighted by Gasteiger charge is -2.20. The minimum atomic E-state index is -5.38. The molecule has 0 spiro atoms. The van der Waals surface area contributed by atoms with Gasteiger partial charge < -0.3 is 20.8 Å². The summed E-state index contributed by atoms with van der Waals surface area (Å²) in [6.45, 7) is 6.80. The van der Waals surface area contributed by atoms with E-state index >= 15 is 0 Å². The molecule has 2 aromatic heterocycles. The summed E-state index contributed by atoms with van der Waals surface area (Å²) >= 11 is 0. The second-order valence-corrected chi connectivity index (χ2v) is 9.76. The van der Waals surface area contributed by atoms with Crippen LogP contribution in [0.25, 0.3) is 22.3 Å². The number of ether oxygens (including phenoxy) is 1. The fourth-order valence-electron chi connectivity index (χ4n) is 4.84. The van der Waals surface area contributed by atoms with E-state index in [1.165, 1.54) is 30.3 Å². The van der Waals surface area contributed by atoms with E-state index in [0.717, 1.165) is 18.7 Å². The quantitative estimate of drug-likeness (QED) is 0.204. The Morgan fingerprint density at radius 2 is 1.67 bits per heavy atom. The lowest BCUT2D eigenvalue weighted by Crippen LogP contribution is -2.24. The molecule has 2 atom stereocenters. The van der Waals surface area contributed by atoms with Crippen LogP contribution in [0.5, 0.6) is 0 Å². The number of urea groups is 1. The average molecular weight is 609 g/mol. The van der Waals surface area contributed by atoms with Crippen molar-refractivity contribution in [3.63, 3.8) is 0 Å². The third-order valence-electron chi connectivity index (χ3n) is 6.88. The molecule has 4 heterocycles. The van der Waals surface area contributed by atoms with Gasteiger partial charge in [0.15, 0.2) is 5.65 Å². The fraction of sp³-hybridized carbons (Fsp3) is 0.333. The zero-order chi connectivity index (χ0) is 31.1. The molecule has 2 amide bonds. The van der Waals surface area contributed by atoms with E-state index in [-0.39, 0.29) is 5.69 Å². The second kappa shape index (κ2) is 11.3. The zero-order valence-corrected chi connectivity index (χ0v) is 23.1. The van der Waals surface area contributed by atoms with Crippen LogP contribution in [0.4, 0.5) is 42.5 Å². The molecule has 10 nitrogen and oxygen atoms in total. The van der Waals surface area contributed by atoms with E-state index in [9.17, 15) is 31.1 Å². The van der Waals surface area contributed by atoms with Crippen molar-refractivity contribution in [2.24, 2.45) is 0 Å². The number of anilines is 2. The van der Waals surface area contributed by atoms with Gasteiger partial charge in [-0.05, 0) is 37.6 Å². The van der Waals surface area contributed by atoms with Gasteiger partial charge in [-0.15, -0.1) is 5.10 Å². The first-order valence-corrected chi connectivity index (χ1v) is 13.0. The van der Waals surface area contributed by atoms with Crippen LogP contribution in [0.15, 0.2) is 42.7 Å². The predicted molar refractivity (Wildman–Crippen MR) is 146 cm³/mol. The highest BCUT2D eigenvalue weighted by atomic mass is 19.4. The summed E-state index contributed by atoms with van der Waals surface area (Å²) in [6.07, 6.45) is -8.76. The number of rotatable bonds is 4. The van der Waals surface area contributed by atoms with Gasteiger partial charge in [-0.1, -0.05) is 18.2 Å². The molecule has 0 bridgehead atoms. The number of fused-ring (bicyclic) bond motifs is 2. The van der Waals surface area contributed by atoms with Crippen LogP contribution in [-0.2, 0) is 17.1 Å². The number of morpholine rings is 1. The Morgan fingerprint density at radius 3 is 2.26 bits per heavy atom. The van der Waals surface area contributed by atoms with Crippen molar-refractivity contribution < 1.29 is 35.9 Å². The summed E-state index contributed by atoms with van der Waals surface area (Å²) in [5, 5.41) is 9.40. The van der Waals surface area contributed by atoms with Crippen LogP contribution in [0.3, 0.4) is 0 Å². The van der Waals surface area contributed by atoms with Crippen molar-refractivity contribution >= 4 is 28.4 Å². The number of aromatic nitrogens is 4. The third-order valence-corrected chi connectivity index (χ3v) is 6.88. The van der Waals surface area contributed by atoms with E-state index in [0.29, 0.717) is 45.8 Å². The normalized spacial score (nSPS) is 17.6. The summed E-state index contributed by atoms with van der Waals surface area (Å²) < 4.78 is 85.7. The summed E-state index contributed by atoms with van der Waals surface area (Å²) in [5.74, 6) is 0. The van der Waals surface area contributed by atoms with Gasteiger partial charge in [-0.3, -0.25) is 4.90 Å². The first-order valence-electron chi connectivity index (χ1n) is 13.0. The number of hydrogen-bond donors (Lipinski definition) is 3.